The zero-order chi connectivity index (χ0) is 13.7. The molecule has 2 amide bonds. The molecule has 0 bridgehead atoms. The van der Waals surface area contributed by atoms with Crippen LogP contribution in [0.2, 0.25) is 0 Å². The molecule has 0 heterocycles. The lowest BCUT2D eigenvalue weighted by Crippen LogP contribution is -2.38. The first-order chi connectivity index (χ1) is 9.15. The second kappa shape index (κ2) is 6.18. The van der Waals surface area contributed by atoms with E-state index in [9.17, 15) is 9.59 Å². The third-order valence-electron chi connectivity index (χ3n) is 3.15. The SMILES string of the molecule is CC(=O)c1ccc(NC(=O)NC2CC=CCC2)cc1. The third kappa shape index (κ3) is 3.95. The Kier molecular flexibility index (Phi) is 4.34. The minimum Gasteiger partial charge on any atom is -0.335 e. The van der Waals surface area contributed by atoms with Gasteiger partial charge in [0.1, 0.15) is 0 Å². The van der Waals surface area contributed by atoms with Crippen LogP contribution in [0.5, 0.6) is 0 Å². The molecule has 0 fully saturated rings. The molecule has 2 rings (SSSR count). The first kappa shape index (κ1) is 13.3. The number of ketones is 1. The normalized spacial score (nSPS) is 17.8. The van der Waals surface area contributed by atoms with Crippen LogP contribution >= 0.6 is 0 Å². The van der Waals surface area contributed by atoms with Gasteiger partial charge < -0.3 is 10.6 Å². The van der Waals surface area contributed by atoms with E-state index in [0.29, 0.717) is 11.3 Å². The van der Waals surface area contributed by atoms with Gasteiger partial charge in [-0.1, -0.05) is 12.2 Å². The molecular weight excluding hydrogens is 240 g/mol. The first-order valence-electron chi connectivity index (χ1n) is 6.48. The molecule has 1 aromatic carbocycles. The zero-order valence-electron chi connectivity index (χ0n) is 11.0. The van der Waals surface area contributed by atoms with Gasteiger partial charge in [0.2, 0.25) is 0 Å². The summed E-state index contributed by atoms with van der Waals surface area (Å²) in [6, 6.07) is 6.90. The Balaban J connectivity index is 1.87. The molecule has 4 heteroatoms. The van der Waals surface area contributed by atoms with Crippen LogP contribution in [0, 0.1) is 0 Å². The summed E-state index contributed by atoms with van der Waals surface area (Å²) in [6.45, 7) is 1.52. The highest BCUT2D eigenvalue weighted by Gasteiger charge is 2.12. The summed E-state index contributed by atoms with van der Waals surface area (Å²) in [6.07, 6.45) is 7.11. The number of anilines is 1. The molecule has 0 saturated carbocycles. The number of allylic oxidation sites excluding steroid dienone is 1. The average molecular weight is 258 g/mol. The van der Waals surface area contributed by atoms with Crippen LogP contribution in [0.25, 0.3) is 0 Å². The Hall–Kier alpha value is -2.10. The van der Waals surface area contributed by atoms with Crippen molar-refractivity contribution in [2.24, 2.45) is 0 Å². The Labute approximate surface area is 112 Å². The number of nitrogens with one attached hydrogen (secondary N) is 2. The second-order valence-electron chi connectivity index (χ2n) is 4.71. The second-order valence-corrected chi connectivity index (χ2v) is 4.71. The molecule has 1 aliphatic carbocycles. The van der Waals surface area contributed by atoms with E-state index < -0.39 is 0 Å². The summed E-state index contributed by atoms with van der Waals surface area (Å²) in [5.74, 6) is 0.0185. The molecule has 0 saturated heterocycles. The Morgan fingerprint density at radius 2 is 1.89 bits per heavy atom. The van der Waals surface area contributed by atoms with Crippen molar-refractivity contribution in [2.45, 2.75) is 32.2 Å². The lowest BCUT2D eigenvalue weighted by atomic mass is 10.0. The fourth-order valence-electron chi connectivity index (χ4n) is 2.07. The van der Waals surface area contributed by atoms with Gasteiger partial charge in [-0.3, -0.25) is 4.79 Å². The maximum atomic E-state index is 11.8. The quantitative estimate of drug-likeness (QED) is 0.646. The number of hydrogen-bond donors (Lipinski definition) is 2. The minimum atomic E-state index is -0.198. The van der Waals surface area contributed by atoms with Crippen LogP contribution in [0.15, 0.2) is 36.4 Å². The van der Waals surface area contributed by atoms with Crippen molar-refractivity contribution in [3.63, 3.8) is 0 Å². The molecule has 100 valence electrons. The standard InChI is InChI=1S/C15H18N2O2/c1-11(18)12-7-9-14(10-8-12)17-15(19)16-13-5-3-2-4-6-13/h2-3,7-10,13H,4-6H2,1H3,(H2,16,17,19). The molecule has 1 aromatic rings. The predicted molar refractivity (Wildman–Crippen MR) is 75.4 cm³/mol. The van der Waals surface area contributed by atoms with E-state index in [4.69, 9.17) is 0 Å². The highest BCUT2D eigenvalue weighted by Crippen LogP contribution is 2.12. The van der Waals surface area contributed by atoms with Gasteiger partial charge in [0.05, 0.1) is 0 Å². The fourth-order valence-corrected chi connectivity index (χ4v) is 2.07. The largest absolute Gasteiger partial charge is 0.335 e. The molecule has 1 aliphatic rings. The maximum Gasteiger partial charge on any atom is 0.319 e. The summed E-state index contributed by atoms with van der Waals surface area (Å²) < 4.78 is 0. The van der Waals surface area contributed by atoms with Crippen LogP contribution in [-0.2, 0) is 0 Å². The van der Waals surface area contributed by atoms with Crippen LogP contribution < -0.4 is 10.6 Å². The number of rotatable bonds is 3. The van der Waals surface area contributed by atoms with Gasteiger partial charge in [0, 0.05) is 17.3 Å². The molecule has 2 N–H and O–H groups in total. The van der Waals surface area contributed by atoms with E-state index in [1.165, 1.54) is 6.92 Å². The minimum absolute atomic E-state index is 0.0185. The Morgan fingerprint density at radius 1 is 1.16 bits per heavy atom. The summed E-state index contributed by atoms with van der Waals surface area (Å²) in [7, 11) is 0. The van der Waals surface area contributed by atoms with Gasteiger partial charge in [-0.2, -0.15) is 0 Å². The lowest BCUT2D eigenvalue weighted by Gasteiger charge is -2.19. The van der Waals surface area contributed by atoms with Crippen molar-refractivity contribution >= 4 is 17.5 Å². The van der Waals surface area contributed by atoms with E-state index in [1.807, 2.05) is 0 Å². The molecule has 4 nitrogen and oxygen atoms in total. The molecule has 19 heavy (non-hydrogen) atoms. The Morgan fingerprint density at radius 3 is 2.47 bits per heavy atom. The molecule has 0 spiro atoms. The molecule has 0 aromatic heterocycles. The maximum absolute atomic E-state index is 11.8. The van der Waals surface area contributed by atoms with Crippen molar-refractivity contribution in [1.82, 2.24) is 5.32 Å². The number of carbonyl (C=O) groups excluding carboxylic acids is 2. The first-order valence-corrected chi connectivity index (χ1v) is 6.48. The van der Waals surface area contributed by atoms with Gasteiger partial charge in [0.25, 0.3) is 0 Å². The van der Waals surface area contributed by atoms with Crippen LogP contribution in [-0.4, -0.2) is 17.9 Å². The van der Waals surface area contributed by atoms with E-state index in [2.05, 4.69) is 22.8 Å². The van der Waals surface area contributed by atoms with Gasteiger partial charge in [-0.15, -0.1) is 0 Å². The number of urea groups is 1. The summed E-state index contributed by atoms with van der Waals surface area (Å²) in [5.41, 5.74) is 1.33. The summed E-state index contributed by atoms with van der Waals surface area (Å²) in [5, 5.41) is 5.71. The van der Waals surface area contributed by atoms with Gasteiger partial charge >= 0.3 is 6.03 Å². The number of hydrogen-bond acceptors (Lipinski definition) is 2. The molecule has 0 aliphatic heterocycles. The van der Waals surface area contributed by atoms with Crippen LogP contribution in [0.1, 0.15) is 36.5 Å². The monoisotopic (exact) mass is 258 g/mol. The fraction of sp³-hybridized carbons (Fsp3) is 0.333. The van der Waals surface area contributed by atoms with Crippen molar-refractivity contribution in [3.05, 3.63) is 42.0 Å². The Bertz CT molecular complexity index is 491. The van der Waals surface area contributed by atoms with Crippen molar-refractivity contribution in [2.75, 3.05) is 5.32 Å². The van der Waals surface area contributed by atoms with Crippen LogP contribution in [0.3, 0.4) is 0 Å². The number of amides is 2. The van der Waals surface area contributed by atoms with Gasteiger partial charge in [-0.25, -0.2) is 4.79 Å². The highest BCUT2D eigenvalue weighted by atomic mass is 16.2. The van der Waals surface area contributed by atoms with Crippen LogP contribution in [0.4, 0.5) is 10.5 Å². The topological polar surface area (TPSA) is 58.2 Å². The van der Waals surface area contributed by atoms with E-state index in [0.717, 1.165) is 19.3 Å². The van der Waals surface area contributed by atoms with E-state index in [-0.39, 0.29) is 17.9 Å². The molecule has 1 atom stereocenters. The summed E-state index contributed by atoms with van der Waals surface area (Å²) in [4.78, 5) is 22.9. The van der Waals surface area contributed by atoms with Crippen molar-refractivity contribution in [3.8, 4) is 0 Å². The number of benzene rings is 1. The smallest absolute Gasteiger partial charge is 0.319 e. The zero-order valence-corrected chi connectivity index (χ0v) is 11.0. The molecular formula is C15H18N2O2. The van der Waals surface area contributed by atoms with Crippen molar-refractivity contribution < 1.29 is 9.59 Å². The third-order valence-corrected chi connectivity index (χ3v) is 3.15. The number of Topliss-reactive ketones (excluding diaryl/α,β-unsaturated/α-hetero) is 1. The van der Waals surface area contributed by atoms with Gasteiger partial charge in [-0.05, 0) is 50.5 Å². The van der Waals surface area contributed by atoms with E-state index >= 15 is 0 Å². The van der Waals surface area contributed by atoms with Crippen molar-refractivity contribution in [1.29, 1.82) is 0 Å². The average Bonchev–Trinajstić information content (AvgIpc) is 2.40. The highest BCUT2D eigenvalue weighted by molar-refractivity contribution is 5.95. The van der Waals surface area contributed by atoms with E-state index in [1.54, 1.807) is 24.3 Å². The lowest BCUT2D eigenvalue weighted by molar-refractivity contribution is 0.101. The molecule has 1 unspecified atom stereocenters. The molecule has 0 radical (unpaired) electrons. The number of carbonyl (C=O) groups is 2. The summed E-state index contributed by atoms with van der Waals surface area (Å²) >= 11 is 0. The van der Waals surface area contributed by atoms with Gasteiger partial charge in [0.15, 0.2) is 5.78 Å². The predicted octanol–water partition coefficient (Wildman–Crippen LogP) is 3.12.